The van der Waals surface area contributed by atoms with Gasteiger partial charge >= 0.3 is 11.9 Å². The number of benzene rings is 1. The summed E-state index contributed by atoms with van der Waals surface area (Å²) in [6, 6.07) is 5.66. The second kappa shape index (κ2) is 8.24. The van der Waals surface area contributed by atoms with E-state index in [-0.39, 0.29) is 41.2 Å². The molecular formula is C19H20N2O7S. The molecule has 1 fully saturated rings. The summed E-state index contributed by atoms with van der Waals surface area (Å²) in [5, 5.41) is 11.9. The number of carbonyl (C=O) groups is 3. The highest BCUT2D eigenvalue weighted by atomic mass is 32.2. The number of thioether (sulfide) groups is 1. The molecular weight excluding hydrogens is 400 g/mol. The zero-order valence-corrected chi connectivity index (χ0v) is 16.9. The van der Waals surface area contributed by atoms with Gasteiger partial charge in [0.2, 0.25) is 5.91 Å². The fourth-order valence-electron chi connectivity index (χ4n) is 2.99. The van der Waals surface area contributed by atoms with Crippen LogP contribution in [0.15, 0.2) is 35.4 Å². The number of nitrogens with zero attached hydrogens (tertiary/aromatic N) is 2. The van der Waals surface area contributed by atoms with E-state index < -0.39 is 22.9 Å². The molecule has 0 saturated carbocycles. The molecule has 2 aliphatic rings. The van der Waals surface area contributed by atoms with E-state index in [1.54, 1.807) is 26.2 Å². The first-order valence-corrected chi connectivity index (χ1v) is 9.94. The van der Waals surface area contributed by atoms with E-state index in [9.17, 15) is 24.5 Å². The van der Waals surface area contributed by atoms with E-state index in [0.29, 0.717) is 5.56 Å². The second-order valence-electron chi connectivity index (χ2n) is 7.06. The number of non-ortho nitro benzene ring substituents is 1. The summed E-state index contributed by atoms with van der Waals surface area (Å²) in [5.74, 6) is -2.12. The molecule has 0 aliphatic carbocycles. The Bertz CT molecular complexity index is 881. The van der Waals surface area contributed by atoms with Crippen LogP contribution < -0.4 is 0 Å². The first kappa shape index (κ1) is 20.8. The van der Waals surface area contributed by atoms with Gasteiger partial charge in [-0.05, 0) is 24.6 Å². The molecule has 3 atom stereocenters. The Balaban J connectivity index is 1.55. The van der Waals surface area contributed by atoms with Crippen molar-refractivity contribution in [3.63, 3.8) is 0 Å². The van der Waals surface area contributed by atoms with Crippen LogP contribution in [0.4, 0.5) is 5.69 Å². The van der Waals surface area contributed by atoms with Crippen molar-refractivity contribution >= 4 is 35.3 Å². The molecule has 1 saturated heterocycles. The van der Waals surface area contributed by atoms with Crippen molar-refractivity contribution < 1.29 is 28.8 Å². The standard InChI is InChI=1S/C19H20N2O7S/c1-10(2)18(23)28-11(3)15-16(22)20-14(9-29-17(15)20)19(24)27-8-12-4-6-13(7-5-12)21(25)26/h4-7,9-11,15,17H,8H2,1-3H3/t11-,15+,17+/m1/s1. The normalized spacial score (nSPS) is 21.2. The molecule has 1 aromatic rings. The van der Waals surface area contributed by atoms with Crippen LogP contribution >= 0.6 is 11.8 Å². The monoisotopic (exact) mass is 420 g/mol. The molecule has 0 spiro atoms. The van der Waals surface area contributed by atoms with Crippen LogP contribution in [0.25, 0.3) is 0 Å². The number of amides is 1. The number of carbonyl (C=O) groups excluding carboxylic acids is 3. The van der Waals surface area contributed by atoms with E-state index in [2.05, 4.69) is 0 Å². The summed E-state index contributed by atoms with van der Waals surface area (Å²) in [7, 11) is 0. The van der Waals surface area contributed by atoms with Gasteiger partial charge in [0.1, 0.15) is 29.7 Å². The largest absolute Gasteiger partial charge is 0.461 e. The van der Waals surface area contributed by atoms with E-state index in [4.69, 9.17) is 9.47 Å². The number of hydrogen-bond acceptors (Lipinski definition) is 8. The number of fused-ring (bicyclic) bond motifs is 1. The molecule has 9 nitrogen and oxygen atoms in total. The highest BCUT2D eigenvalue weighted by molar-refractivity contribution is 8.03. The van der Waals surface area contributed by atoms with Crippen LogP contribution in [0.2, 0.25) is 0 Å². The third kappa shape index (κ3) is 4.12. The van der Waals surface area contributed by atoms with Crippen LogP contribution in [-0.4, -0.2) is 39.1 Å². The van der Waals surface area contributed by atoms with E-state index in [1.807, 2.05) is 0 Å². The first-order valence-electron chi connectivity index (χ1n) is 9.00. The third-order valence-corrected chi connectivity index (χ3v) is 5.81. The Morgan fingerprint density at radius 2 is 1.90 bits per heavy atom. The molecule has 0 bridgehead atoms. The average molecular weight is 420 g/mol. The summed E-state index contributed by atoms with van der Waals surface area (Å²) >= 11 is 1.31. The lowest BCUT2D eigenvalue weighted by Gasteiger charge is -2.44. The van der Waals surface area contributed by atoms with Gasteiger partial charge in [-0.25, -0.2) is 4.79 Å². The van der Waals surface area contributed by atoms with Gasteiger partial charge in [0.25, 0.3) is 5.69 Å². The number of rotatable bonds is 7. The number of ether oxygens (including phenoxy) is 2. The minimum absolute atomic E-state index is 0.0534. The van der Waals surface area contributed by atoms with Crippen LogP contribution in [0, 0.1) is 22.0 Å². The van der Waals surface area contributed by atoms with E-state index in [0.717, 1.165) is 0 Å². The Morgan fingerprint density at radius 3 is 2.48 bits per heavy atom. The summed E-state index contributed by atoms with van der Waals surface area (Å²) in [5.41, 5.74) is 0.682. The molecule has 29 heavy (non-hydrogen) atoms. The van der Waals surface area contributed by atoms with Crippen LogP contribution in [0.5, 0.6) is 0 Å². The van der Waals surface area contributed by atoms with Crippen molar-refractivity contribution in [2.45, 2.75) is 38.9 Å². The molecule has 0 N–H and O–H groups in total. The molecule has 10 heteroatoms. The molecule has 0 aromatic heterocycles. The topological polar surface area (TPSA) is 116 Å². The van der Waals surface area contributed by atoms with Gasteiger partial charge in [0, 0.05) is 17.5 Å². The minimum Gasteiger partial charge on any atom is -0.461 e. The van der Waals surface area contributed by atoms with E-state index in [1.165, 1.54) is 40.9 Å². The van der Waals surface area contributed by atoms with Crippen molar-refractivity contribution in [3.8, 4) is 0 Å². The number of nitro groups is 1. The summed E-state index contributed by atoms with van der Waals surface area (Å²) in [6.45, 7) is 5.03. The molecule has 0 unspecified atom stereocenters. The predicted molar refractivity (Wildman–Crippen MR) is 103 cm³/mol. The summed E-state index contributed by atoms with van der Waals surface area (Å²) < 4.78 is 10.6. The third-order valence-electron chi connectivity index (χ3n) is 4.67. The van der Waals surface area contributed by atoms with Crippen molar-refractivity contribution in [3.05, 3.63) is 51.0 Å². The molecule has 0 radical (unpaired) electrons. The minimum atomic E-state index is -0.656. The SMILES string of the molecule is CC(C)C(=O)O[C@H](C)[C@H]1C(=O)N2C(C(=O)OCc3ccc([N+](=O)[O-])cc3)=CS[C@@H]12. The highest BCUT2D eigenvalue weighted by Gasteiger charge is 2.56. The van der Waals surface area contributed by atoms with Gasteiger partial charge in [-0.15, -0.1) is 11.8 Å². The molecule has 2 aliphatic heterocycles. The van der Waals surface area contributed by atoms with Crippen molar-refractivity contribution in [1.82, 2.24) is 4.90 Å². The molecule has 1 aromatic carbocycles. The Labute approximate surface area is 171 Å². The lowest BCUT2D eigenvalue weighted by Crippen LogP contribution is -2.61. The quantitative estimate of drug-likeness (QED) is 0.286. The van der Waals surface area contributed by atoms with Crippen molar-refractivity contribution in [2.75, 3.05) is 0 Å². The van der Waals surface area contributed by atoms with Gasteiger partial charge in [0.05, 0.1) is 10.8 Å². The molecule has 3 rings (SSSR count). The van der Waals surface area contributed by atoms with Gasteiger partial charge in [-0.1, -0.05) is 13.8 Å². The van der Waals surface area contributed by atoms with Crippen molar-refractivity contribution in [1.29, 1.82) is 0 Å². The maximum atomic E-state index is 12.5. The number of esters is 2. The Morgan fingerprint density at radius 1 is 1.24 bits per heavy atom. The fourth-order valence-corrected chi connectivity index (χ4v) is 4.31. The molecule has 2 heterocycles. The summed E-state index contributed by atoms with van der Waals surface area (Å²) in [4.78, 5) is 48.2. The number of nitro benzene ring substituents is 1. The zero-order valence-electron chi connectivity index (χ0n) is 16.1. The van der Waals surface area contributed by atoms with Gasteiger partial charge in [0.15, 0.2) is 0 Å². The smallest absolute Gasteiger partial charge is 0.355 e. The Hall–Kier alpha value is -2.88. The number of β-lactam (4-membered cyclic amide) rings is 1. The molecule has 154 valence electrons. The van der Waals surface area contributed by atoms with Crippen LogP contribution in [0.3, 0.4) is 0 Å². The lowest BCUT2D eigenvalue weighted by atomic mass is 9.92. The van der Waals surface area contributed by atoms with Gasteiger partial charge in [-0.2, -0.15) is 0 Å². The van der Waals surface area contributed by atoms with E-state index >= 15 is 0 Å². The van der Waals surface area contributed by atoms with Gasteiger partial charge < -0.3 is 9.47 Å². The van der Waals surface area contributed by atoms with Gasteiger partial charge in [-0.3, -0.25) is 24.6 Å². The first-order chi connectivity index (χ1) is 13.7. The lowest BCUT2D eigenvalue weighted by molar-refractivity contribution is -0.384. The highest BCUT2D eigenvalue weighted by Crippen LogP contribution is 2.47. The summed E-state index contributed by atoms with van der Waals surface area (Å²) in [6.07, 6.45) is -0.588. The number of hydrogen-bond donors (Lipinski definition) is 0. The average Bonchev–Trinajstić information content (AvgIpc) is 3.05. The van der Waals surface area contributed by atoms with Crippen LogP contribution in [-0.2, 0) is 30.5 Å². The Kier molecular flexibility index (Phi) is 5.92. The zero-order chi connectivity index (χ0) is 21.3. The second-order valence-corrected chi connectivity index (χ2v) is 8.05. The maximum Gasteiger partial charge on any atom is 0.355 e. The van der Waals surface area contributed by atoms with Crippen molar-refractivity contribution in [2.24, 2.45) is 11.8 Å². The maximum absolute atomic E-state index is 12.5. The fraction of sp³-hybridized carbons (Fsp3) is 0.421. The molecule has 1 amide bonds. The van der Waals surface area contributed by atoms with Crippen LogP contribution in [0.1, 0.15) is 26.3 Å². The predicted octanol–water partition coefficient (Wildman–Crippen LogP) is 2.60.